The minimum Gasteiger partial charge on any atom is -0.298 e. The van der Waals surface area contributed by atoms with Crippen molar-refractivity contribution in [3.05, 3.63) is 65.5 Å². The van der Waals surface area contributed by atoms with Crippen LogP contribution in [0.3, 0.4) is 0 Å². The molecule has 1 aliphatic heterocycles. The van der Waals surface area contributed by atoms with Crippen LogP contribution in [0.2, 0.25) is 0 Å². The molecule has 0 saturated carbocycles. The van der Waals surface area contributed by atoms with Crippen molar-refractivity contribution in [2.75, 3.05) is 13.1 Å². The predicted octanol–water partition coefficient (Wildman–Crippen LogP) is 4.47. The third-order valence-electron chi connectivity index (χ3n) is 5.07. The van der Waals surface area contributed by atoms with Gasteiger partial charge in [0.2, 0.25) is 0 Å². The number of pyridine rings is 1. The Kier molecular flexibility index (Phi) is 5.33. The van der Waals surface area contributed by atoms with Crippen LogP contribution in [-0.2, 0) is 12.0 Å². The molecule has 25 heavy (non-hydrogen) atoms. The van der Waals surface area contributed by atoms with E-state index >= 15 is 0 Å². The fraction of sp³-hybridized carbons (Fsp3) is 0.455. The van der Waals surface area contributed by atoms with Gasteiger partial charge in [0.25, 0.3) is 0 Å². The van der Waals surface area contributed by atoms with E-state index in [4.69, 9.17) is 0 Å². The van der Waals surface area contributed by atoms with Crippen molar-refractivity contribution in [1.29, 1.82) is 0 Å². The van der Waals surface area contributed by atoms with E-state index in [0.717, 1.165) is 38.0 Å². The highest BCUT2D eigenvalue weighted by atomic mass is 16.1. The van der Waals surface area contributed by atoms with Crippen molar-refractivity contribution in [2.24, 2.45) is 5.92 Å². The smallest absolute Gasteiger partial charge is 0.167 e. The molecule has 3 nitrogen and oxygen atoms in total. The zero-order valence-electron chi connectivity index (χ0n) is 15.5. The fourth-order valence-corrected chi connectivity index (χ4v) is 3.53. The highest BCUT2D eigenvalue weighted by Gasteiger charge is 2.26. The Hall–Kier alpha value is -2.00. The van der Waals surface area contributed by atoms with Gasteiger partial charge in [0.05, 0.1) is 0 Å². The SMILES string of the molecule is CC(C)(C)c1ccc(C(=O)C2CCCN(Cc3ccncc3)C2)cc1. The maximum atomic E-state index is 12.9. The summed E-state index contributed by atoms with van der Waals surface area (Å²) in [6.07, 6.45) is 5.74. The molecule has 3 rings (SSSR count). The quantitative estimate of drug-likeness (QED) is 0.772. The Morgan fingerprint density at radius 3 is 2.44 bits per heavy atom. The molecule has 1 saturated heterocycles. The first-order chi connectivity index (χ1) is 11.9. The van der Waals surface area contributed by atoms with Crippen LogP contribution in [0.15, 0.2) is 48.8 Å². The number of piperidine rings is 1. The first-order valence-electron chi connectivity index (χ1n) is 9.19. The lowest BCUT2D eigenvalue weighted by molar-refractivity contribution is 0.0811. The Morgan fingerprint density at radius 1 is 1.12 bits per heavy atom. The second-order valence-electron chi connectivity index (χ2n) is 8.12. The van der Waals surface area contributed by atoms with Crippen molar-refractivity contribution < 1.29 is 4.79 Å². The molecule has 3 heteroatoms. The van der Waals surface area contributed by atoms with Crippen LogP contribution in [0.5, 0.6) is 0 Å². The van der Waals surface area contributed by atoms with Crippen molar-refractivity contribution >= 4 is 5.78 Å². The predicted molar refractivity (Wildman–Crippen MR) is 102 cm³/mol. The van der Waals surface area contributed by atoms with Gasteiger partial charge in [-0.1, -0.05) is 45.0 Å². The molecular weight excluding hydrogens is 308 g/mol. The molecule has 1 aliphatic rings. The number of hydrogen-bond acceptors (Lipinski definition) is 3. The van der Waals surface area contributed by atoms with E-state index in [-0.39, 0.29) is 11.3 Å². The maximum Gasteiger partial charge on any atom is 0.167 e. The number of Topliss-reactive ketones (excluding diaryl/α,β-unsaturated/α-hetero) is 1. The topological polar surface area (TPSA) is 33.2 Å². The molecule has 132 valence electrons. The van der Waals surface area contributed by atoms with Gasteiger partial charge in [-0.15, -0.1) is 0 Å². The van der Waals surface area contributed by atoms with Crippen LogP contribution in [0.25, 0.3) is 0 Å². The first kappa shape index (κ1) is 17.8. The van der Waals surface area contributed by atoms with Crippen LogP contribution in [-0.4, -0.2) is 28.8 Å². The molecular formula is C22H28N2O. The van der Waals surface area contributed by atoms with E-state index in [9.17, 15) is 4.79 Å². The highest BCUT2D eigenvalue weighted by molar-refractivity contribution is 5.98. The Balaban J connectivity index is 1.65. The summed E-state index contributed by atoms with van der Waals surface area (Å²) in [5.74, 6) is 0.399. The van der Waals surface area contributed by atoms with E-state index in [1.54, 1.807) is 0 Å². The zero-order valence-corrected chi connectivity index (χ0v) is 15.5. The highest BCUT2D eigenvalue weighted by Crippen LogP contribution is 2.25. The first-order valence-corrected chi connectivity index (χ1v) is 9.19. The molecule has 2 aromatic rings. The van der Waals surface area contributed by atoms with Gasteiger partial charge in [-0.25, -0.2) is 0 Å². The molecule has 0 N–H and O–H groups in total. The normalized spacial score (nSPS) is 18.9. The number of carbonyl (C=O) groups excluding carboxylic acids is 1. The van der Waals surface area contributed by atoms with Crippen molar-refractivity contribution in [2.45, 2.75) is 45.6 Å². The van der Waals surface area contributed by atoms with E-state index in [0.29, 0.717) is 5.78 Å². The lowest BCUT2D eigenvalue weighted by Gasteiger charge is -2.32. The minimum atomic E-state index is 0.107. The molecule has 1 aromatic heterocycles. The molecule has 1 unspecified atom stereocenters. The summed E-state index contributed by atoms with van der Waals surface area (Å²) >= 11 is 0. The van der Waals surface area contributed by atoms with Crippen molar-refractivity contribution in [3.8, 4) is 0 Å². The van der Waals surface area contributed by atoms with E-state index in [2.05, 4.69) is 54.9 Å². The Bertz CT molecular complexity index is 701. The molecule has 0 spiro atoms. The van der Waals surface area contributed by atoms with E-state index in [1.807, 2.05) is 24.5 Å². The van der Waals surface area contributed by atoms with Gasteiger partial charge in [0.15, 0.2) is 5.78 Å². The van der Waals surface area contributed by atoms with Crippen LogP contribution >= 0.6 is 0 Å². The monoisotopic (exact) mass is 336 g/mol. The van der Waals surface area contributed by atoms with Gasteiger partial charge < -0.3 is 0 Å². The number of carbonyl (C=O) groups is 1. The Morgan fingerprint density at radius 2 is 1.80 bits per heavy atom. The molecule has 1 aromatic carbocycles. The lowest BCUT2D eigenvalue weighted by Crippen LogP contribution is -2.38. The minimum absolute atomic E-state index is 0.107. The van der Waals surface area contributed by atoms with Gasteiger partial charge >= 0.3 is 0 Å². The zero-order chi connectivity index (χ0) is 17.9. The standard InChI is InChI=1S/C22H28N2O/c1-22(2,3)20-8-6-18(7-9-20)21(25)19-5-4-14-24(16-19)15-17-10-12-23-13-11-17/h6-13,19H,4-5,14-16H2,1-3H3. The molecule has 1 fully saturated rings. The van der Waals surface area contributed by atoms with E-state index < -0.39 is 0 Å². The summed E-state index contributed by atoms with van der Waals surface area (Å²) < 4.78 is 0. The number of nitrogens with zero attached hydrogens (tertiary/aromatic N) is 2. The van der Waals surface area contributed by atoms with Crippen LogP contribution in [0, 0.1) is 5.92 Å². The summed E-state index contributed by atoms with van der Waals surface area (Å²) in [4.78, 5) is 19.4. The fourth-order valence-electron chi connectivity index (χ4n) is 3.53. The Labute approximate surface area is 151 Å². The largest absolute Gasteiger partial charge is 0.298 e. The van der Waals surface area contributed by atoms with Crippen LogP contribution < -0.4 is 0 Å². The number of benzene rings is 1. The van der Waals surface area contributed by atoms with Gasteiger partial charge in [0, 0.05) is 37.0 Å². The van der Waals surface area contributed by atoms with Gasteiger partial charge in [-0.2, -0.15) is 0 Å². The molecule has 0 amide bonds. The number of likely N-dealkylation sites (tertiary alicyclic amines) is 1. The second kappa shape index (κ2) is 7.49. The third-order valence-corrected chi connectivity index (χ3v) is 5.07. The lowest BCUT2D eigenvalue weighted by atomic mass is 9.85. The third kappa shape index (κ3) is 4.55. The average Bonchev–Trinajstić information content (AvgIpc) is 2.61. The number of hydrogen-bond donors (Lipinski definition) is 0. The van der Waals surface area contributed by atoms with Gasteiger partial charge in [-0.05, 0) is 48.1 Å². The summed E-state index contributed by atoms with van der Waals surface area (Å²) in [6, 6.07) is 12.3. The average molecular weight is 336 g/mol. The molecule has 0 aliphatic carbocycles. The van der Waals surface area contributed by atoms with Crippen LogP contribution in [0.4, 0.5) is 0 Å². The van der Waals surface area contributed by atoms with Gasteiger partial charge in [0.1, 0.15) is 0 Å². The number of ketones is 1. The molecule has 0 radical (unpaired) electrons. The van der Waals surface area contributed by atoms with Crippen LogP contribution in [0.1, 0.15) is 55.1 Å². The summed E-state index contributed by atoms with van der Waals surface area (Å²) in [6.45, 7) is 9.40. The molecule has 0 bridgehead atoms. The summed E-state index contributed by atoms with van der Waals surface area (Å²) in [5.41, 5.74) is 3.50. The second-order valence-corrected chi connectivity index (χ2v) is 8.12. The van der Waals surface area contributed by atoms with E-state index in [1.165, 1.54) is 11.1 Å². The van der Waals surface area contributed by atoms with Crippen molar-refractivity contribution in [1.82, 2.24) is 9.88 Å². The maximum absolute atomic E-state index is 12.9. The molecule has 1 atom stereocenters. The molecule has 2 heterocycles. The summed E-state index contributed by atoms with van der Waals surface area (Å²) in [7, 11) is 0. The van der Waals surface area contributed by atoms with Gasteiger partial charge in [-0.3, -0.25) is 14.7 Å². The van der Waals surface area contributed by atoms with Crippen molar-refractivity contribution in [3.63, 3.8) is 0 Å². The number of rotatable bonds is 4. The number of aromatic nitrogens is 1. The summed E-state index contributed by atoms with van der Waals surface area (Å²) in [5, 5.41) is 0.